The highest BCUT2D eigenvalue weighted by Crippen LogP contribution is 2.63. The van der Waals surface area contributed by atoms with E-state index in [1.807, 2.05) is 0 Å². The molecule has 3 atom stereocenters. The van der Waals surface area contributed by atoms with E-state index in [-0.39, 0.29) is 5.97 Å². The molecule has 2 heteroatoms. The van der Waals surface area contributed by atoms with Crippen molar-refractivity contribution in [2.45, 2.75) is 39.5 Å². The Labute approximate surface area is 91.4 Å². The molecule has 0 N–H and O–H groups in total. The van der Waals surface area contributed by atoms with Crippen molar-refractivity contribution in [3.8, 4) is 11.8 Å². The second kappa shape index (κ2) is 3.89. The van der Waals surface area contributed by atoms with Gasteiger partial charge in [-0.2, -0.15) is 0 Å². The van der Waals surface area contributed by atoms with E-state index in [0.717, 1.165) is 25.2 Å². The summed E-state index contributed by atoms with van der Waals surface area (Å²) in [5.74, 6) is 7.53. The fraction of sp³-hybridized carbons (Fsp3) is 0.769. The molecule has 0 amide bonds. The lowest BCUT2D eigenvalue weighted by Gasteiger charge is -2.10. The number of carbonyl (C=O) groups is 1. The fourth-order valence-corrected chi connectivity index (χ4v) is 2.92. The number of rotatable bonds is 2. The van der Waals surface area contributed by atoms with Crippen LogP contribution in [0.2, 0.25) is 0 Å². The number of ether oxygens (including phenoxy) is 1. The first-order valence-corrected chi connectivity index (χ1v) is 5.73. The monoisotopic (exact) mass is 206 g/mol. The minimum absolute atomic E-state index is 0.158. The van der Waals surface area contributed by atoms with Gasteiger partial charge in [-0.05, 0) is 24.2 Å². The molecule has 82 valence electrons. The van der Waals surface area contributed by atoms with Gasteiger partial charge in [0.05, 0.1) is 6.61 Å². The van der Waals surface area contributed by atoms with E-state index >= 15 is 0 Å². The molecule has 2 rings (SSSR count). The van der Waals surface area contributed by atoms with Crippen molar-refractivity contribution in [1.82, 2.24) is 0 Å². The lowest BCUT2D eigenvalue weighted by Crippen LogP contribution is -2.07. The largest absolute Gasteiger partial charge is 0.466 e. The van der Waals surface area contributed by atoms with Crippen LogP contribution in [0, 0.1) is 29.1 Å². The van der Waals surface area contributed by atoms with Crippen LogP contribution in [-0.4, -0.2) is 12.6 Å². The molecule has 2 nitrogen and oxygen atoms in total. The van der Waals surface area contributed by atoms with E-state index in [0.29, 0.717) is 17.9 Å². The predicted octanol–water partition coefficient (Wildman–Crippen LogP) is 2.38. The SMILES string of the molecule is CC(=O)OC[C@@H]1[C@@H]2CCC#CCC[C@]12C. The lowest BCUT2D eigenvalue weighted by molar-refractivity contribution is -0.141. The Morgan fingerprint density at radius 3 is 2.93 bits per heavy atom. The second-order valence-corrected chi connectivity index (χ2v) is 4.91. The summed E-state index contributed by atoms with van der Waals surface area (Å²) in [5, 5.41) is 0. The number of hydrogen-bond acceptors (Lipinski definition) is 2. The van der Waals surface area contributed by atoms with E-state index in [1.165, 1.54) is 13.3 Å². The first-order valence-electron chi connectivity index (χ1n) is 5.73. The van der Waals surface area contributed by atoms with Gasteiger partial charge >= 0.3 is 5.97 Å². The van der Waals surface area contributed by atoms with Gasteiger partial charge in [-0.15, -0.1) is 11.8 Å². The molecule has 0 saturated heterocycles. The van der Waals surface area contributed by atoms with E-state index in [1.54, 1.807) is 0 Å². The molecule has 0 spiro atoms. The molecule has 1 fully saturated rings. The topological polar surface area (TPSA) is 26.3 Å². The van der Waals surface area contributed by atoms with Crippen LogP contribution < -0.4 is 0 Å². The van der Waals surface area contributed by atoms with Crippen molar-refractivity contribution in [2.24, 2.45) is 17.3 Å². The van der Waals surface area contributed by atoms with Crippen LogP contribution in [0.5, 0.6) is 0 Å². The molecule has 1 saturated carbocycles. The molecular formula is C13H18O2. The lowest BCUT2D eigenvalue weighted by atomic mass is 9.95. The third-order valence-corrected chi connectivity index (χ3v) is 4.03. The van der Waals surface area contributed by atoms with Gasteiger partial charge in [0.25, 0.3) is 0 Å². The molecule has 0 aromatic carbocycles. The average Bonchev–Trinajstić information content (AvgIpc) is 2.67. The highest BCUT2D eigenvalue weighted by Gasteiger charge is 2.59. The summed E-state index contributed by atoms with van der Waals surface area (Å²) >= 11 is 0. The van der Waals surface area contributed by atoms with E-state index in [4.69, 9.17) is 4.74 Å². The maximum absolute atomic E-state index is 10.8. The van der Waals surface area contributed by atoms with Gasteiger partial charge in [0.1, 0.15) is 0 Å². The molecule has 0 unspecified atom stereocenters. The maximum Gasteiger partial charge on any atom is 0.302 e. The second-order valence-electron chi connectivity index (χ2n) is 4.91. The van der Waals surface area contributed by atoms with E-state index in [2.05, 4.69) is 18.8 Å². The summed E-state index contributed by atoms with van der Waals surface area (Å²) in [6.45, 7) is 4.41. The van der Waals surface area contributed by atoms with Gasteiger partial charge in [-0.1, -0.05) is 6.92 Å². The molecule has 0 bridgehead atoms. The predicted molar refractivity (Wildman–Crippen MR) is 58.0 cm³/mol. The van der Waals surface area contributed by atoms with Crippen LogP contribution >= 0.6 is 0 Å². The first kappa shape index (κ1) is 10.5. The Balaban J connectivity index is 1.92. The minimum Gasteiger partial charge on any atom is -0.466 e. The number of fused-ring (bicyclic) bond motifs is 1. The molecular weight excluding hydrogens is 188 g/mol. The standard InChI is InChI=1S/C13H18O2/c1-10(14)15-9-12-11-7-5-3-4-6-8-13(11,12)2/h11-12H,5-9H2,1-2H3/t11-,12+,13-/m0/s1. The van der Waals surface area contributed by atoms with Gasteiger partial charge in [-0.3, -0.25) is 4.79 Å². The molecule has 0 aliphatic heterocycles. The van der Waals surface area contributed by atoms with E-state index in [9.17, 15) is 4.79 Å². The van der Waals surface area contributed by atoms with Crippen LogP contribution in [0.1, 0.15) is 39.5 Å². The summed E-state index contributed by atoms with van der Waals surface area (Å²) in [6.07, 6.45) is 4.35. The fourth-order valence-electron chi connectivity index (χ4n) is 2.92. The smallest absolute Gasteiger partial charge is 0.302 e. The summed E-state index contributed by atoms with van der Waals surface area (Å²) in [4.78, 5) is 10.8. The van der Waals surface area contributed by atoms with Gasteiger partial charge in [-0.25, -0.2) is 0 Å². The molecule has 2 aliphatic carbocycles. The van der Waals surface area contributed by atoms with Crippen LogP contribution in [0.3, 0.4) is 0 Å². The zero-order valence-corrected chi connectivity index (χ0v) is 9.51. The molecule has 0 radical (unpaired) electrons. The Kier molecular flexibility index (Phi) is 2.73. The summed E-state index contributed by atoms with van der Waals surface area (Å²) in [5.41, 5.74) is 0.393. The number of hydrogen-bond donors (Lipinski definition) is 0. The Morgan fingerprint density at radius 1 is 1.47 bits per heavy atom. The maximum atomic E-state index is 10.8. The zero-order valence-electron chi connectivity index (χ0n) is 9.51. The van der Waals surface area contributed by atoms with Crippen LogP contribution in [-0.2, 0) is 9.53 Å². The van der Waals surface area contributed by atoms with Gasteiger partial charge in [0.15, 0.2) is 0 Å². The summed E-state index contributed by atoms with van der Waals surface area (Å²) in [7, 11) is 0. The van der Waals surface area contributed by atoms with Crippen LogP contribution in [0.4, 0.5) is 0 Å². The van der Waals surface area contributed by atoms with Crippen molar-refractivity contribution < 1.29 is 9.53 Å². The van der Waals surface area contributed by atoms with Crippen molar-refractivity contribution in [1.29, 1.82) is 0 Å². The van der Waals surface area contributed by atoms with Crippen molar-refractivity contribution in [3.05, 3.63) is 0 Å². The molecule has 2 aliphatic rings. The third-order valence-electron chi connectivity index (χ3n) is 4.03. The normalized spacial score (nSPS) is 37.7. The quantitative estimate of drug-likeness (QED) is 0.512. The molecule has 0 aromatic heterocycles. The molecule has 0 heterocycles. The molecule has 15 heavy (non-hydrogen) atoms. The first-order chi connectivity index (χ1) is 7.14. The van der Waals surface area contributed by atoms with Gasteiger partial charge in [0, 0.05) is 25.7 Å². The summed E-state index contributed by atoms with van der Waals surface area (Å²) in [6, 6.07) is 0. The average molecular weight is 206 g/mol. The van der Waals surface area contributed by atoms with Gasteiger partial charge < -0.3 is 4.74 Å². The highest BCUT2D eigenvalue weighted by atomic mass is 16.5. The Hall–Kier alpha value is -0.970. The van der Waals surface area contributed by atoms with E-state index < -0.39 is 0 Å². The minimum atomic E-state index is -0.158. The van der Waals surface area contributed by atoms with Crippen LogP contribution in [0.25, 0.3) is 0 Å². The molecule has 0 aromatic rings. The van der Waals surface area contributed by atoms with Crippen molar-refractivity contribution in [3.63, 3.8) is 0 Å². The number of esters is 1. The van der Waals surface area contributed by atoms with Crippen molar-refractivity contribution >= 4 is 5.97 Å². The highest BCUT2D eigenvalue weighted by molar-refractivity contribution is 5.65. The zero-order chi connectivity index (χ0) is 10.9. The van der Waals surface area contributed by atoms with Gasteiger partial charge in [0.2, 0.25) is 0 Å². The van der Waals surface area contributed by atoms with Crippen molar-refractivity contribution in [2.75, 3.05) is 6.61 Å². The Bertz CT molecular complexity index is 323. The third kappa shape index (κ3) is 2.02. The summed E-state index contributed by atoms with van der Waals surface area (Å²) < 4.78 is 5.12. The Morgan fingerprint density at radius 2 is 2.20 bits per heavy atom. The number of carbonyl (C=O) groups excluding carboxylic acids is 1. The van der Waals surface area contributed by atoms with Crippen LogP contribution in [0.15, 0.2) is 0 Å².